The summed E-state index contributed by atoms with van der Waals surface area (Å²) in [5, 5.41) is 4.06. The van der Waals surface area contributed by atoms with Crippen LogP contribution in [0, 0.1) is 12.7 Å². The van der Waals surface area contributed by atoms with Crippen LogP contribution in [0.15, 0.2) is 53.6 Å². The highest BCUT2D eigenvalue weighted by molar-refractivity contribution is 14.2. The highest BCUT2D eigenvalue weighted by Gasteiger charge is 2.37. The topological polar surface area (TPSA) is 77.2 Å². The average Bonchev–Trinajstić information content (AvgIpc) is 3.40. The number of anilines is 1. The van der Waals surface area contributed by atoms with E-state index in [1.54, 1.807) is 10.9 Å². The molecule has 3 aromatic heterocycles. The average molecular weight is 697 g/mol. The van der Waals surface area contributed by atoms with Gasteiger partial charge in [-0.05, 0) is 71.1 Å². The number of fused-ring (bicyclic) bond motifs is 6. The molecule has 216 valence electrons. The van der Waals surface area contributed by atoms with E-state index in [4.69, 9.17) is 9.72 Å². The molecule has 3 atom stereocenters. The van der Waals surface area contributed by atoms with Gasteiger partial charge in [0.25, 0.3) is 0 Å². The number of halogens is 2. The number of imidazole rings is 1. The second kappa shape index (κ2) is 10.6. The van der Waals surface area contributed by atoms with Crippen molar-refractivity contribution in [3.63, 3.8) is 0 Å². The van der Waals surface area contributed by atoms with Crippen molar-refractivity contribution in [2.45, 2.75) is 45.7 Å². The molecule has 0 aliphatic carbocycles. The van der Waals surface area contributed by atoms with Crippen molar-refractivity contribution in [3.8, 4) is 22.7 Å². The number of hydrogen-bond donors (Lipinski definition) is 1. The molecular formula is C31H31FIN6O2P. The summed E-state index contributed by atoms with van der Waals surface area (Å²) in [6, 6.07) is 13.6. The molecule has 0 radical (unpaired) electrons. The van der Waals surface area contributed by atoms with Gasteiger partial charge >= 0.3 is 5.56 Å². The Labute approximate surface area is 257 Å². The molecule has 5 heterocycles. The smallest absolute Gasteiger partial charge is 0.301 e. The first-order valence-electron chi connectivity index (χ1n) is 14.1. The van der Waals surface area contributed by atoms with E-state index >= 15 is 4.39 Å². The van der Waals surface area contributed by atoms with Crippen LogP contribution in [0.3, 0.4) is 0 Å². The van der Waals surface area contributed by atoms with Gasteiger partial charge in [0, 0.05) is 36.5 Å². The fourth-order valence-corrected chi connectivity index (χ4v) is 7.87. The van der Waals surface area contributed by atoms with Crippen molar-refractivity contribution < 1.29 is 9.13 Å². The second-order valence-corrected chi connectivity index (χ2v) is 13.6. The molecule has 0 saturated carbocycles. The number of hydrogen-bond acceptors (Lipinski definition) is 6. The molecule has 7 rings (SSSR count). The van der Waals surface area contributed by atoms with Crippen molar-refractivity contribution >= 4 is 56.2 Å². The Morgan fingerprint density at radius 3 is 2.81 bits per heavy atom. The molecule has 5 aromatic rings. The van der Waals surface area contributed by atoms with Gasteiger partial charge < -0.3 is 19.3 Å². The van der Waals surface area contributed by atoms with Crippen LogP contribution >= 0.6 is 28.4 Å². The van der Waals surface area contributed by atoms with Crippen molar-refractivity contribution in [2.75, 3.05) is 24.6 Å². The Bertz CT molecular complexity index is 1940. The molecule has 0 bridgehead atoms. The lowest BCUT2D eigenvalue weighted by Crippen LogP contribution is -2.59. The van der Waals surface area contributed by atoms with Gasteiger partial charge in [0.1, 0.15) is 18.1 Å². The summed E-state index contributed by atoms with van der Waals surface area (Å²) in [5.74, 6) is -0.0627. The standard InChI is InChI=1S/C31H31FIN6O2P/c1-16(2)20-7-5-6-8-23(20)39-30-21(28-29(31(39)40)41-14-19-12-34-18(4)13-37(19)28)11-22(32)26(36-30)25-17(3)9-10-24-27(25)35-15-38(24)42-33/h5-11,15-16,18-19,34,42H,12-14H2,1-4H3/t18-,19-/m1/s1. The van der Waals surface area contributed by atoms with E-state index in [-0.39, 0.29) is 35.0 Å². The van der Waals surface area contributed by atoms with Crippen molar-refractivity contribution in [1.82, 2.24) is 24.2 Å². The number of nitrogens with zero attached hydrogens (tertiary/aromatic N) is 5. The molecule has 0 amide bonds. The lowest BCUT2D eigenvalue weighted by Gasteiger charge is -2.44. The Hall–Kier alpha value is -3.08. The van der Waals surface area contributed by atoms with Crippen LogP contribution in [-0.2, 0) is 0 Å². The summed E-state index contributed by atoms with van der Waals surface area (Å²) in [6.45, 7) is 10.0. The SMILES string of the molecule is Cc1ccc2c(ncn2PI)c1-c1nc2c(cc1F)c1c(c(=O)n2-c2ccccc2C(C)C)OC[C@H]2CN[C@H](C)CN12. The van der Waals surface area contributed by atoms with E-state index < -0.39 is 5.82 Å². The molecule has 0 spiro atoms. The summed E-state index contributed by atoms with van der Waals surface area (Å²) >= 11 is 2.31. The fourth-order valence-electron chi connectivity index (χ4n) is 6.35. The minimum Gasteiger partial charge on any atom is -0.484 e. The summed E-state index contributed by atoms with van der Waals surface area (Å²) < 4.78 is 26.3. The second-order valence-electron chi connectivity index (χ2n) is 11.5. The molecule has 42 heavy (non-hydrogen) atoms. The summed E-state index contributed by atoms with van der Waals surface area (Å²) in [6.07, 6.45) is 2.24. The van der Waals surface area contributed by atoms with E-state index in [1.165, 1.54) is 6.07 Å². The van der Waals surface area contributed by atoms with E-state index in [2.05, 4.69) is 58.0 Å². The number of pyridine rings is 2. The summed E-state index contributed by atoms with van der Waals surface area (Å²) in [4.78, 5) is 26.4. The zero-order valence-corrected chi connectivity index (χ0v) is 26.9. The van der Waals surface area contributed by atoms with Crippen molar-refractivity contribution in [2.24, 2.45) is 0 Å². The minimum atomic E-state index is -0.459. The van der Waals surface area contributed by atoms with Crippen LogP contribution in [0.25, 0.3) is 39.0 Å². The number of aryl methyl sites for hydroxylation is 1. The van der Waals surface area contributed by atoms with E-state index in [1.807, 2.05) is 47.7 Å². The number of nitrogens with one attached hydrogen (secondary N) is 1. The van der Waals surface area contributed by atoms with Crippen LogP contribution in [0.4, 0.5) is 10.1 Å². The summed E-state index contributed by atoms with van der Waals surface area (Å²) in [7, 11) is 0. The monoisotopic (exact) mass is 696 g/mol. The molecule has 8 nitrogen and oxygen atoms in total. The first-order chi connectivity index (χ1) is 20.3. The molecule has 1 unspecified atom stereocenters. The molecule has 1 fully saturated rings. The number of benzene rings is 2. The number of para-hydroxylation sites is 1. The highest BCUT2D eigenvalue weighted by Crippen LogP contribution is 2.42. The first kappa shape index (κ1) is 27.7. The van der Waals surface area contributed by atoms with Gasteiger partial charge in [-0.15, -0.1) is 0 Å². The maximum absolute atomic E-state index is 16.5. The third kappa shape index (κ3) is 4.25. The van der Waals surface area contributed by atoms with Crippen molar-refractivity contribution in [1.29, 1.82) is 0 Å². The third-order valence-electron chi connectivity index (χ3n) is 8.41. The highest BCUT2D eigenvalue weighted by atomic mass is 127. The Kier molecular flexibility index (Phi) is 6.98. The van der Waals surface area contributed by atoms with Crippen LogP contribution < -0.4 is 20.5 Å². The van der Waals surface area contributed by atoms with Crippen molar-refractivity contribution in [3.05, 3.63) is 76.1 Å². The minimum absolute atomic E-state index is 0.0342. The van der Waals surface area contributed by atoms with E-state index in [0.717, 1.165) is 28.9 Å². The maximum Gasteiger partial charge on any atom is 0.301 e. The molecule has 2 aliphatic rings. The predicted molar refractivity (Wildman–Crippen MR) is 177 cm³/mol. The lowest BCUT2D eigenvalue weighted by atomic mass is 9.99. The fraction of sp³-hybridized carbons (Fsp3) is 0.323. The van der Waals surface area contributed by atoms with Gasteiger partial charge in [0.05, 0.1) is 34.8 Å². The summed E-state index contributed by atoms with van der Waals surface area (Å²) in [5.41, 5.74) is 5.77. The van der Waals surface area contributed by atoms with Crippen LogP contribution in [0.1, 0.15) is 37.8 Å². The van der Waals surface area contributed by atoms with Gasteiger partial charge in [0.2, 0.25) is 5.75 Å². The lowest BCUT2D eigenvalue weighted by molar-refractivity contribution is 0.233. The quantitative estimate of drug-likeness (QED) is 0.175. The number of piperazine rings is 1. The van der Waals surface area contributed by atoms with Gasteiger partial charge in [0.15, 0.2) is 5.65 Å². The zero-order valence-electron chi connectivity index (χ0n) is 23.8. The van der Waals surface area contributed by atoms with Crippen LogP contribution in [0.5, 0.6) is 5.75 Å². The predicted octanol–water partition coefficient (Wildman–Crippen LogP) is 6.32. The first-order valence-corrected chi connectivity index (χ1v) is 18.2. The molecule has 11 heteroatoms. The van der Waals surface area contributed by atoms with Crippen LogP contribution in [0.2, 0.25) is 0 Å². The number of rotatable bonds is 4. The van der Waals surface area contributed by atoms with Crippen LogP contribution in [-0.4, -0.2) is 50.7 Å². The largest absolute Gasteiger partial charge is 0.484 e. The third-order valence-corrected chi connectivity index (χ3v) is 10.5. The molecule has 2 aromatic carbocycles. The normalized spacial score (nSPS) is 18.7. The number of ether oxygens (including phenoxy) is 1. The maximum atomic E-state index is 16.5. The Balaban J connectivity index is 1.60. The Morgan fingerprint density at radius 1 is 1.21 bits per heavy atom. The zero-order chi connectivity index (χ0) is 29.3. The van der Waals surface area contributed by atoms with Gasteiger partial charge in [-0.25, -0.2) is 14.4 Å². The molecule has 2 aliphatic heterocycles. The molecule has 1 saturated heterocycles. The van der Waals surface area contributed by atoms with Gasteiger partial charge in [-0.1, -0.05) is 38.1 Å². The molecule has 1 N–H and O–H groups in total. The van der Waals surface area contributed by atoms with E-state index in [0.29, 0.717) is 47.3 Å². The van der Waals surface area contributed by atoms with E-state index in [9.17, 15) is 4.79 Å². The number of aromatic nitrogens is 4. The van der Waals surface area contributed by atoms with Gasteiger partial charge in [-0.3, -0.25) is 9.36 Å². The Morgan fingerprint density at radius 2 is 2.02 bits per heavy atom. The molecular weight excluding hydrogens is 665 g/mol. The van der Waals surface area contributed by atoms with Gasteiger partial charge in [-0.2, -0.15) is 0 Å².